The number of thiazole rings is 1. The number of aromatic nitrogens is 2. The first-order valence-electron chi connectivity index (χ1n) is 10.0. The van der Waals surface area contributed by atoms with E-state index in [0.717, 1.165) is 37.6 Å². The lowest BCUT2D eigenvalue weighted by molar-refractivity contribution is -0.642. The summed E-state index contributed by atoms with van der Waals surface area (Å²) in [6.07, 6.45) is 4.20. The van der Waals surface area contributed by atoms with E-state index in [0.29, 0.717) is 0 Å². The minimum absolute atomic E-state index is 0.0723. The molecule has 0 spiro atoms. The normalized spacial score (nSPS) is 11.7. The van der Waals surface area contributed by atoms with Crippen LogP contribution < -0.4 is 4.57 Å². The Morgan fingerprint density at radius 2 is 1.78 bits per heavy atom. The summed E-state index contributed by atoms with van der Waals surface area (Å²) in [6, 6.07) is 21.9. The maximum Gasteiger partial charge on any atom is 0.289 e. The predicted octanol–water partition coefficient (Wildman–Crippen LogP) is 6.62. The largest absolute Gasteiger partial charge is 0.343 e. The molecule has 0 unspecified atom stereocenters. The number of rotatable bonds is 4. The Hall–Kier alpha value is -3.48. The number of nitrogens with zero attached hydrogens (tertiary/aromatic N) is 3. The lowest BCUT2D eigenvalue weighted by Crippen LogP contribution is -2.28. The average molecular weight is 461 g/mol. The van der Waals surface area contributed by atoms with Crippen molar-refractivity contribution in [1.82, 2.24) is 4.57 Å². The third kappa shape index (κ3) is 3.28. The Morgan fingerprint density at radius 1 is 1.06 bits per heavy atom. The summed E-state index contributed by atoms with van der Waals surface area (Å²) in [5.41, 5.74) is 5.38. The van der Waals surface area contributed by atoms with Gasteiger partial charge in [-0.2, -0.15) is 4.57 Å². The second kappa shape index (κ2) is 7.89. The van der Waals surface area contributed by atoms with Crippen molar-refractivity contribution in [2.24, 2.45) is 14.1 Å². The van der Waals surface area contributed by atoms with Crippen LogP contribution in [-0.4, -0.2) is 9.49 Å². The molecule has 5 nitrogen and oxygen atoms in total. The fraction of sp³-hybridized carbons (Fsp3) is 0.0800. The molecule has 158 valence electrons. The van der Waals surface area contributed by atoms with Crippen LogP contribution in [0.3, 0.4) is 0 Å². The molecule has 32 heavy (non-hydrogen) atoms. The van der Waals surface area contributed by atoms with Crippen molar-refractivity contribution in [3.63, 3.8) is 0 Å². The Morgan fingerprint density at radius 3 is 2.53 bits per heavy atom. The van der Waals surface area contributed by atoms with Crippen LogP contribution in [0, 0.1) is 10.1 Å². The van der Waals surface area contributed by atoms with E-state index in [1.165, 1.54) is 16.7 Å². The molecule has 0 amide bonds. The first-order valence-corrected chi connectivity index (χ1v) is 11.2. The molecule has 0 fully saturated rings. The van der Waals surface area contributed by atoms with Gasteiger partial charge in [0.25, 0.3) is 10.7 Å². The standard InChI is InChI=1S/C25H19ClN3O2S/c1-27-22-14-19(26)21(29(30)31)15-23(22)32-24(27)13-12-18-17-10-6-7-11-20(17)28(2)25(18)16-8-4-3-5-9-16/h3-15H,1-2H3/q+1. The lowest BCUT2D eigenvalue weighted by atomic mass is 10.0. The van der Waals surface area contributed by atoms with Gasteiger partial charge in [-0.1, -0.05) is 71.5 Å². The molecule has 0 saturated heterocycles. The van der Waals surface area contributed by atoms with Gasteiger partial charge in [-0.05, 0) is 17.7 Å². The van der Waals surface area contributed by atoms with Gasteiger partial charge in [-0.3, -0.25) is 10.1 Å². The highest BCUT2D eigenvalue weighted by Crippen LogP contribution is 2.36. The van der Waals surface area contributed by atoms with E-state index in [1.54, 1.807) is 12.1 Å². The van der Waals surface area contributed by atoms with Gasteiger partial charge in [0.1, 0.15) is 16.8 Å². The summed E-state index contributed by atoms with van der Waals surface area (Å²) in [5, 5.41) is 13.6. The molecule has 7 heteroatoms. The molecular formula is C25H19ClN3O2S+. The van der Waals surface area contributed by atoms with Crippen molar-refractivity contribution in [2.75, 3.05) is 0 Å². The Balaban J connectivity index is 1.68. The highest BCUT2D eigenvalue weighted by atomic mass is 35.5. The number of aryl methyl sites for hydroxylation is 2. The van der Waals surface area contributed by atoms with Crippen LogP contribution in [0.5, 0.6) is 0 Å². The van der Waals surface area contributed by atoms with Crippen LogP contribution in [0.25, 0.3) is 44.5 Å². The van der Waals surface area contributed by atoms with E-state index in [1.807, 2.05) is 35.9 Å². The van der Waals surface area contributed by atoms with Crippen LogP contribution >= 0.6 is 22.9 Å². The second-order valence-electron chi connectivity index (χ2n) is 7.57. The topological polar surface area (TPSA) is 51.9 Å². The maximum absolute atomic E-state index is 11.3. The summed E-state index contributed by atoms with van der Waals surface area (Å²) in [7, 11) is 4.03. The van der Waals surface area contributed by atoms with Gasteiger partial charge in [-0.25, -0.2) is 0 Å². The van der Waals surface area contributed by atoms with Crippen molar-refractivity contribution >= 4 is 61.9 Å². The van der Waals surface area contributed by atoms with Crippen LogP contribution in [0.1, 0.15) is 10.6 Å². The molecule has 0 N–H and O–H groups in total. The molecule has 0 radical (unpaired) electrons. The van der Waals surface area contributed by atoms with Crippen LogP contribution in [0.15, 0.2) is 66.7 Å². The number of para-hydroxylation sites is 1. The summed E-state index contributed by atoms with van der Waals surface area (Å²) in [4.78, 5) is 10.8. The van der Waals surface area contributed by atoms with Crippen molar-refractivity contribution in [3.8, 4) is 11.3 Å². The molecule has 0 bridgehead atoms. The third-order valence-electron chi connectivity index (χ3n) is 5.72. The predicted molar refractivity (Wildman–Crippen MR) is 132 cm³/mol. The van der Waals surface area contributed by atoms with E-state index in [2.05, 4.69) is 54.1 Å². The minimum Gasteiger partial charge on any atom is -0.343 e. The zero-order valence-corrected chi connectivity index (χ0v) is 19.0. The van der Waals surface area contributed by atoms with Crippen molar-refractivity contribution in [2.45, 2.75) is 0 Å². The van der Waals surface area contributed by atoms with Crippen molar-refractivity contribution in [1.29, 1.82) is 0 Å². The average Bonchev–Trinajstić information content (AvgIpc) is 3.26. The van der Waals surface area contributed by atoms with Gasteiger partial charge >= 0.3 is 0 Å². The van der Waals surface area contributed by atoms with Crippen LogP contribution in [0.2, 0.25) is 5.02 Å². The van der Waals surface area contributed by atoms with Gasteiger partial charge in [0.15, 0.2) is 0 Å². The van der Waals surface area contributed by atoms with Gasteiger partial charge in [0.2, 0.25) is 5.52 Å². The monoisotopic (exact) mass is 460 g/mol. The molecule has 2 heterocycles. The van der Waals surface area contributed by atoms with E-state index in [4.69, 9.17) is 11.6 Å². The zero-order chi connectivity index (χ0) is 22.4. The fourth-order valence-corrected chi connectivity index (χ4v) is 5.45. The van der Waals surface area contributed by atoms with Gasteiger partial charge in [0.05, 0.1) is 10.6 Å². The number of nitro groups is 1. The summed E-state index contributed by atoms with van der Waals surface area (Å²) in [6.45, 7) is 0. The highest BCUT2D eigenvalue weighted by Gasteiger charge is 2.22. The smallest absolute Gasteiger partial charge is 0.289 e. The molecule has 0 aliphatic rings. The fourth-order valence-electron chi connectivity index (χ4n) is 4.15. The molecule has 0 aliphatic carbocycles. The number of hydrogen-bond acceptors (Lipinski definition) is 3. The Bertz CT molecular complexity index is 1530. The summed E-state index contributed by atoms with van der Waals surface area (Å²) < 4.78 is 5.06. The van der Waals surface area contributed by atoms with Crippen LogP contribution in [-0.2, 0) is 14.1 Å². The second-order valence-corrected chi connectivity index (χ2v) is 9.04. The lowest BCUT2D eigenvalue weighted by Gasteiger charge is -2.06. The SMILES string of the molecule is Cn1c(-c2ccccc2)c(C=Cc2sc3cc([N+](=O)[O-])c(Cl)cc3[n+]2C)c2ccccc21. The van der Waals surface area contributed by atoms with E-state index in [-0.39, 0.29) is 10.7 Å². The quantitative estimate of drug-likeness (QED) is 0.172. The number of halogens is 1. The number of hydrogen-bond donors (Lipinski definition) is 0. The molecule has 0 aliphatic heterocycles. The van der Waals surface area contributed by atoms with Gasteiger partial charge < -0.3 is 4.57 Å². The third-order valence-corrected chi connectivity index (χ3v) is 7.19. The number of benzene rings is 3. The van der Waals surface area contributed by atoms with Gasteiger partial charge in [0, 0.05) is 41.7 Å². The molecule has 5 rings (SSSR count). The van der Waals surface area contributed by atoms with E-state index < -0.39 is 4.92 Å². The number of nitro benzene ring substituents is 1. The molecule has 5 aromatic rings. The maximum atomic E-state index is 11.3. The Labute approximate surface area is 193 Å². The summed E-state index contributed by atoms with van der Waals surface area (Å²) in [5.74, 6) is 0. The Kier molecular flexibility index (Phi) is 5.04. The number of fused-ring (bicyclic) bond motifs is 2. The van der Waals surface area contributed by atoms with Gasteiger partial charge in [-0.15, -0.1) is 0 Å². The molecular weight excluding hydrogens is 442 g/mol. The minimum atomic E-state index is -0.445. The zero-order valence-electron chi connectivity index (χ0n) is 17.4. The van der Waals surface area contributed by atoms with Crippen LogP contribution in [0.4, 0.5) is 5.69 Å². The van der Waals surface area contributed by atoms with Crippen molar-refractivity contribution in [3.05, 3.63) is 92.4 Å². The molecule has 0 saturated carbocycles. The molecule has 3 aromatic carbocycles. The molecule has 2 aromatic heterocycles. The van der Waals surface area contributed by atoms with E-state index >= 15 is 0 Å². The first-order chi connectivity index (χ1) is 15.5. The van der Waals surface area contributed by atoms with Crippen molar-refractivity contribution < 1.29 is 9.49 Å². The highest BCUT2D eigenvalue weighted by molar-refractivity contribution is 7.19. The van der Waals surface area contributed by atoms with E-state index in [9.17, 15) is 10.1 Å². The molecule has 0 atom stereocenters. The first kappa shape index (κ1) is 20.4. The summed E-state index contributed by atoms with van der Waals surface area (Å²) >= 11 is 7.64.